The van der Waals surface area contributed by atoms with Crippen LogP contribution in [0.25, 0.3) is 0 Å². The molecule has 0 bridgehead atoms. The standard InChI is InChI=1S/C10H16O3/c1-6-12-7-10(4,5)13-9(11)8(2)3/h6H,1-2,7H2,3-5H3. The molecular formula is C10H16O3. The van der Waals surface area contributed by atoms with Gasteiger partial charge in [-0.05, 0) is 20.8 Å². The molecule has 0 N–H and O–H groups in total. The number of hydrogen-bond donors (Lipinski definition) is 0. The van der Waals surface area contributed by atoms with Gasteiger partial charge in [0.25, 0.3) is 0 Å². The highest BCUT2D eigenvalue weighted by molar-refractivity contribution is 5.87. The van der Waals surface area contributed by atoms with E-state index in [4.69, 9.17) is 9.47 Å². The van der Waals surface area contributed by atoms with E-state index >= 15 is 0 Å². The van der Waals surface area contributed by atoms with Gasteiger partial charge in [-0.15, -0.1) is 0 Å². The van der Waals surface area contributed by atoms with Crippen molar-refractivity contribution >= 4 is 5.97 Å². The van der Waals surface area contributed by atoms with E-state index in [-0.39, 0.29) is 6.61 Å². The van der Waals surface area contributed by atoms with E-state index in [1.165, 1.54) is 6.26 Å². The molecule has 0 radical (unpaired) electrons. The zero-order chi connectivity index (χ0) is 10.5. The van der Waals surface area contributed by atoms with Crippen molar-refractivity contribution in [3.63, 3.8) is 0 Å². The maximum atomic E-state index is 11.1. The first-order valence-electron chi connectivity index (χ1n) is 4.00. The van der Waals surface area contributed by atoms with Crippen LogP contribution >= 0.6 is 0 Å². The zero-order valence-corrected chi connectivity index (χ0v) is 8.42. The molecule has 0 aliphatic heterocycles. The van der Waals surface area contributed by atoms with Crippen LogP contribution in [0.1, 0.15) is 20.8 Å². The Morgan fingerprint density at radius 1 is 1.54 bits per heavy atom. The maximum Gasteiger partial charge on any atom is 0.333 e. The molecular weight excluding hydrogens is 168 g/mol. The normalized spacial score (nSPS) is 10.4. The fourth-order valence-corrected chi connectivity index (χ4v) is 0.627. The van der Waals surface area contributed by atoms with Crippen molar-refractivity contribution in [3.8, 4) is 0 Å². The Balaban J connectivity index is 4.07. The fourth-order valence-electron chi connectivity index (χ4n) is 0.627. The van der Waals surface area contributed by atoms with E-state index in [1.807, 2.05) is 0 Å². The molecule has 3 heteroatoms. The van der Waals surface area contributed by atoms with Gasteiger partial charge in [-0.1, -0.05) is 13.2 Å². The number of carbonyl (C=O) groups is 1. The van der Waals surface area contributed by atoms with Crippen LogP contribution in [-0.2, 0) is 14.3 Å². The Morgan fingerprint density at radius 2 is 2.08 bits per heavy atom. The Labute approximate surface area is 79.0 Å². The van der Waals surface area contributed by atoms with Crippen molar-refractivity contribution in [2.75, 3.05) is 6.61 Å². The first-order chi connectivity index (χ1) is 5.89. The van der Waals surface area contributed by atoms with Crippen LogP contribution in [0.3, 0.4) is 0 Å². The van der Waals surface area contributed by atoms with Crippen LogP contribution in [0.2, 0.25) is 0 Å². The lowest BCUT2D eigenvalue weighted by atomic mass is 10.1. The number of hydrogen-bond acceptors (Lipinski definition) is 3. The topological polar surface area (TPSA) is 35.5 Å². The molecule has 0 rings (SSSR count). The summed E-state index contributed by atoms with van der Waals surface area (Å²) in [5.41, 5.74) is -0.267. The van der Waals surface area contributed by atoms with E-state index in [9.17, 15) is 4.79 Å². The second kappa shape index (κ2) is 4.70. The molecule has 0 fully saturated rings. The van der Waals surface area contributed by atoms with Gasteiger partial charge < -0.3 is 9.47 Å². The molecule has 0 aromatic carbocycles. The van der Waals surface area contributed by atoms with Gasteiger partial charge in [-0.3, -0.25) is 0 Å². The van der Waals surface area contributed by atoms with Gasteiger partial charge >= 0.3 is 5.97 Å². The predicted octanol–water partition coefficient (Wildman–Crippen LogP) is 2.04. The van der Waals surface area contributed by atoms with Crippen LogP contribution in [-0.4, -0.2) is 18.2 Å². The molecule has 0 spiro atoms. The van der Waals surface area contributed by atoms with Crippen molar-refractivity contribution in [2.24, 2.45) is 0 Å². The number of carbonyl (C=O) groups excluding carboxylic acids is 1. The van der Waals surface area contributed by atoms with Crippen LogP contribution in [0.15, 0.2) is 25.0 Å². The van der Waals surface area contributed by atoms with Crippen molar-refractivity contribution < 1.29 is 14.3 Å². The summed E-state index contributed by atoms with van der Waals surface area (Å²) in [5, 5.41) is 0. The maximum absolute atomic E-state index is 11.1. The summed E-state index contributed by atoms with van der Waals surface area (Å²) in [6.45, 7) is 12.3. The molecule has 0 heterocycles. The van der Waals surface area contributed by atoms with Crippen LogP contribution in [0, 0.1) is 0 Å². The largest absolute Gasteiger partial charge is 0.498 e. The van der Waals surface area contributed by atoms with E-state index in [0.29, 0.717) is 5.57 Å². The molecule has 0 amide bonds. The molecule has 0 aromatic rings. The minimum Gasteiger partial charge on any atom is -0.498 e. The number of ether oxygens (including phenoxy) is 2. The van der Waals surface area contributed by atoms with Crippen molar-refractivity contribution in [1.82, 2.24) is 0 Å². The lowest BCUT2D eigenvalue weighted by Gasteiger charge is -2.24. The molecule has 13 heavy (non-hydrogen) atoms. The third-order valence-corrected chi connectivity index (χ3v) is 1.27. The summed E-state index contributed by atoms with van der Waals surface area (Å²) in [7, 11) is 0. The molecule has 0 aliphatic rings. The van der Waals surface area contributed by atoms with Gasteiger partial charge in [0.2, 0.25) is 0 Å². The highest BCUT2D eigenvalue weighted by Crippen LogP contribution is 2.12. The zero-order valence-electron chi connectivity index (χ0n) is 8.42. The summed E-state index contributed by atoms with van der Waals surface area (Å²) in [4.78, 5) is 11.1. The van der Waals surface area contributed by atoms with Gasteiger partial charge in [0.15, 0.2) is 0 Å². The summed E-state index contributed by atoms with van der Waals surface area (Å²) >= 11 is 0. The average molecular weight is 184 g/mol. The lowest BCUT2D eigenvalue weighted by Crippen LogP contribution is -2.32. The second-order valence-electron chi connectivity index (χ2n) is 3.41. The van der Waals surface area contributed by atoms with Crippen molar-refractivity contribution in [3.05, 3.63) is 25.0 Å². The van der Waals surface area contributed by atoms with Gasteiger partial charge in [0.05, 0.1) is 6.26 Å². The number of rotatable bonds is 5. The van der Waals surface area contributed by atoms with Gasteiger partial charge in [-0.25, -0.2) is 4.79 Å². The fraction of sp³-hybridized carbons (Fsp3) is 0.500. The predicted molar refractivity (Wildman–Crippen MR) is 51.1 cm³/mol. The molecule has 74 valence electrons. The first-order valence-corrected chi connectivity index (χ1v) is 4.00. The lowest BCUT2D eigenvalue weighted by molar-refractivity contribution is -0.155. The highest BCUT2D eigenvalue weighted by atomic mass is 16.6. The summed E-state index contributed by atoms with van der Waals surface area (Å²) in [5.74, 6) is -0.405. The van der Waals surface area contributed by atoms with Crippen LogP contribution in [0.4, 0.5) is 0 Å². The molecule has 0 saturated heterocycles. The summed E-state index contributed by atoms with van der Waals surface area (Å²) < 4.78 is 10.0. The van der Waals surface area contributed by atoms with E-state index in [2.05, 4.69) is 13.2 Å². The minimum atomic E-state index is -0.649. The Bertz CT molecular complexity index is 216. The molecule has 0 saturated carbocycles. The van der Waals surface area contributed by atoms with Gasteiger partial charge in [0, 0.05) is 5.57 Å². The van der Waals surface area contributed by atoms with Gasteiger partial charge in [-0.2, -0.15) is 0 Å². The van der Waals surface area contributed by atoms with E-state index < -0.39 is 11.6 Å². The third kappa shape index (κ3) is 5.06. The Kier molecular flexibility index (Phi) is 4.25. The highest BCUT2D eigenvalue weighted by Gasteiger charge is 2.23. The Morgan fingerprint density at radius 3 is 2.46 bits per heavy atom. The molecule has 0 unspecified atom stereocenters. The SMILES string of the molecule is C=COCC(C)(C)OC(=O)C(=C)C. The first kappa shape index (κ1) is 11.8. The van der Waals surface area contributed by atoms with Gasteiger partial charge in [0.1, 0.15) is 12.2 Å². The summed E-state index contributed by atoms with van der Waals surface area (Å²) in [6, 6.07) is 0. The number of esters is 1. The molecule has 3 nitrogen and oxygen atoms in total. The quantitative estimate of drug-likeness (QED) is 0.372. The van der Waals surface area contributed by atoms with Crippen molar-refractivity contribution in [2.45, 2.75) is 26.4 Å². The molecule has 0 aromatic heterocycles. The third-order valence-electron chi connectivity index (χ3n) is 1.27. The van der Waals surface area contributed by atoms with E-state index in [0.717, 1.165) is 0 Å². The summed E-state index contributed by atoms with van der Waals surface area (Å²) in [6.07, 6.45) is 1.32. The van der Waals surface area contributed by atoms with Crippen LogP contribution < -0.4 is 0 Å². The molecule has 0 aliphatic carbocycles. The monoisotopic (exact) mass is 184 g/mol. The minimum absolute atomic E-state index is 0.287. The Hall–Kier alpha value is -1.25. The second-order valence-corrected chi connectivity index (χ2v) is 3.41. The van der Waals surface area contributed by atoms with Crippen molar-refractivity contribution in [1.29, 1.82) is 0 Å². The van der Waals surface area contributed by atoms with Crippen LogP contribution in [0.5, 0.6) is 0 Å². The molecule has 0 atom stereocenters. The van der Waals surface area contributed by atoms with E-state index in [1.54, 1.807) is 20.8 Å². The smallest absolute Gasteiger partial charge is 0.333 e. The average Bonchev–Trinajstić information content (AvgIpc) is 2.00.